The van der Waals surface area contributed by atoms with Crippen LogP contribution < -0.4 is 10.0 Å². The van der Waals surface area contributed by atoms with Crippen LogP contribution in [-0.2, 0) is 10.0 Å². The predicted molar refractivity (Wildman–Crippen MR) is 72.0 cm³/mol. The highest BCUT2D eigenvalue weighted by molar-refractivity contribution is 7.92. The Labute approximate surface area is 114 Å². The number of nitro groups is 1. The minimum absolute atomic E-state index is 0.0264. The third-order valence-corrected chi connectivity index (χ3v) is 3.84. The summed E-state index contributed by atoms with van der Waals surface area (Å²) < 4.78 is 26.6. The third-order valence-electron chi connectivity index (χ3n) is 2.46. The number of H-pyrrole nitrogens is 1. The van der Waals surface area contributed by atoms with Crippen LogP contribution in [0, 0.1) is 10.1 Å². The largest absolute Gasteiger partial charge is 0.387 e. The van der Waals surface area contributed by atoms with Crippen molar-refractivity contribution in [2.45, 2.75) is 4.90 Å². The highest BCUT2D eigenvalue weighted by Crippen LogP contribution is 2.27. The summed E-state index contributed by atoms with van der Waals surface area (Å²) in [5.41, 5.74) is -0.0709. The molecule has 0 bridgehead atoms. The van der Waals surface area contributed by atoms with Gasteiger partial charge in [-0.15, -0.1) is 0 Å². The lowest BCUT2D eigenvalue weighted by atomic mass is 10.3. The summed E-state index contributed by atoms with van der Waals surface area (Å²) in [6.45, 7) is 0. The molecule has 1 heterocycles. The van der Waals surface area contributed by atoms with Gasteiger partial charge in [-0.25, -0.2) is 18.1 Å². The number of sulfonamides is 1. The normalized spacial score (nSPS) is 11.1. The Morgan fingerprint density at radius 1 is 1.40 bits per heavy atom. The smallest absolute Gasteiger partial charge is 0.270 e. The van der Waals surface area contributed by atoms with Crippen LogP contribution in [0.15, 0.2) is 35.5 Å². The van der Waals surface area contributed by atoms with Crippen LogP contribution in [0.4, 0.5) is 17.3 Å². The van der Waals surface area contributed by atoms with Crippen molar-refractivity contribution in [3.8, 4) is 0 Å². The molecule has 2 rings (SSSR count). The molecule has 9 nitrogen and oxygen atoms in total. The molecule has 0 aliphatic carbocycles. The van der Waals surface area contributed by atoms with Crippen LogP contribution >= 0.6 is 0 Å². The lowest BCUT2D eigenvalue weighted by molar-refractivity contribution is -0.385. The van der Waals surface area contributed by atoms with E-state index in [1.165, 1.54) is 31.6 Å². The quantitative estimate of drug-likeness (QED) is 0.560. The second-order valence-corrected chi connectivity index (χ2v) is 5.38. The molecular formula is C10H11N5O4S. The molecule has 0 saturated carbocycles. The summed E-state index contributed by atoms with van der Waals surface area (Å²) >= 11 is 0. The first kappa shape index (κ1) is 13.8. The van der Waals surface area contributed by atoms with Crippen LogP contribution in [0.2, 0.25) is 0 Å². The number of hydrogen-bond donors (Lipinski definition) is 3. The van der Waals surface area contributed by atoms with E-state index in [2.05, 4.69) is 20.0 Å². The van der Waals surface area contributed by atoms with E-state index < -0.39 is 14.9 Å². The van der Waals surface area contributed by atoms with Crippen molar-refractivity contribution in [1.82, 2.24) is 9.97 Å². The van der Waals surface area contributed by atoms with Crippen LogP contribution in [0.5, 0.6) is 0 Å². The molecule has 0 atom stereocenters. The number of benzene rings is 1. The first-order valence-electron chi connectivity index (χ1n) is 5.42. The van der Waals surface area contributed by atoms with E-state index in [-0.39, 0.29) is 22.2 Å². The van der Waals surface area contributed by atoms with Gasteiger partial charge in [0, 0.05) is 31.6 Å². The molecule has 0 amide bonds. The number of aromatic nitrogens is 2. The van der Waals surface area contributed by atoms with Crippen molar-refractivity contribution in [1.29, 1.82) is 0 Å². The number of nitrogens with one attached hydrogen (secondary N) is 3. The van der Waals surface area contributed by atoms with E-state index in [9.17, 15) is 18.5 Å². The second kappa shape index (κ2) is 5.17. The molecule has 106 valence electrons. The molecule has 0 spiro atoms. The Bertz CT molecular complexity index is 726. The Morgan fingerprint density at radius 2 is 2.15 bits per heavy atom. The lowest BCUT2D eigenvalue weighted by Crippen LogP contribution is -2.16. The van der Waals surface area contributed by atoms with Crippen LogP contribution in [-0.4, -0.2) is 30.4 Å². The monoisotopic (exact) mass is 297 g/mol. The third kappa shape index (κ3) is 2.69. The highest BCUT2D eigenvalue weighted by atomic mass is 32.2. The molecular weight excluding hydrogens is 286 g/mol. The van der Waals surface area contributed by atoms with Gasteiger partial charge >= 0.3 is 0 Å². The van der Waals surface area contributed by atoms with E-state index in [4.69, 9.17) is 0 Å². The summed E-state index contributed by atoms with van der Waals surface area (Å²) in [6, 6.07) is 3.53. The van der Waals surface area contributed by atoms with Crippen molar-refractivity contribution < 1.29 is 13.3 Å². The molecule has 10 heteroatoms. The van der Waals surface area contributed by atoms with Gasteiger partial charge in [0.25, 0.3) is 15.7 Å². The zero-order valence-electron chi connectivity index (χ0n) is 10.3. The molecule has 3 N–H and O–H groups in total. The second-order valence-electron chi connectivity index (χ2n) is 3.73. The van der Waals surface area contributed by atoms with Crippen molar-refractivity contribution in [3.63, 3.8) is 0 Å². The SMILES string of the molecule is CNc1ccc([N+](=O)[O-])cc1S(=O)(=O)Nc1ncc[nH]1. The van der Waals surface area contributed by atoms with E-state index in [0.29, 0.717) is 0 Å². The number of aromatic amines is 1. The molecule has 0 saturated heterocycles. The maximum atomic E-state index is 12.2. The zero-order valence-corrected chi connectivity index (χ0v) is 11.1. The molecule has 1 aromatic heterocycles. The summed E-state index contributed by atoms with van der Waals surface area (Å²) in [4.78, 5) is 16.2. The lowest BCUT2D eigenvalue weighted by Gasteiger charge is -2.10. The van der Waals surface area contributed by atoms with E-state index in [1.807, 2.05) is 0 Å². The number of nitro benzene ring substituents is 1. The van der Waals surface area contributed by atoms with Gasteiger partial charge in [0.05, 0.1) is 10.6 Å². The van der Waals surface area contributed by atoms with Gasteiger partial charge in [-0.2, -0.15) is 0 Å². The summed E-state index contributed by atoms with van der Waals surface area (Å²) in [5, 5.41) is 13.4. The summed E-state index contributed by atoms with van der Waals surface area (Å²) in [7, 11) is -2.47. The van der Waals surface area contributed by atoms with Crippen molar-refractivity contribution >= 4 is 27.3 Å². The predicted octanol–water partition coefficient (Wildman–Crippen LogP) is 1.16. The fourth-order valence-electron chi connectivity index (χ4n) is 1.56. The number of nitrogens with zero attached hydrogens (tertiary/aromatic N) is 2. The standard InChI is InChI=1S/C10H11N5O4S/c1-11-8-3-2-7(15(16)17)6-9(8)20(18,19)14-10-12-4-5-13-10/h2-6,11H,1H3,(H2,12,13,14). The Balaban J connectivity index is 2.48. The minimum Gasteiger partial charge on any atom is -0.387 e. The summed E-state index contributed by atoms with van der Waals surface area (Å²) in [5.74, 6) is 0.0264. The topological polar surface area (TPSA) is 130 Å². The van der Waals surface area contributed by atoms with Gasteiger partial charge in [0.1, 0.15) is 4.90 Å². The molecule has 2 aromatic rings. The van der Waals surface area contributed by atoms with Crippen LogP contribution in [0.3, 0.4) is 0 Å². The van der Waals surface area contributed by atoms with Gasteiger partial charge < -0.3 is 10.3 Å². The molecule has 0 aliphatic heterocycles. The fourth-order valence-corrected chi connectivity index (χ4v) is 2.77. The fraction of sp³-hybridized carbons (Fsp3) is 0.100. The Hall–Kier alpha value is -2.62. The molecule has 0 unspecified atom stereocenters. The van der Waals surface area contributed by atoms with Crippen molar-refractivity contribution in [3.05, 3.63) is 40.7 Å². The highest BCUT2D eigenvalue weighted by Gasteiger charge is 2.22. The van der Waals surface area contributed by atoms with E-state index in [0.717, 1.165) is 6.07 Å². The zero-order chi connectivity index (χ0) is 14.8. The molecule has 0 fully saturated rings. The average molecular weight is 297 g/mol. The van der Waals surface area contributed by atoms with E-state index >= 15 is 0 Å². The van der Waals surface area contributed by atoms with Gasteiger partial charge in [-0.05, 0) is 6.07 Å². The number of non-ortho nitro benzene ring substituents is 1. The molecule has 0 radical (unpaired) electrons. The summed E-state index contributed by atoms with van der Waals surface area (Å²) in [6.07, 6.45) is 2.83. The Morgan fingerprint density at radius 3 is 2.70 bits per heavy atom. The van der Waals surface area contributed by atoms with Gasteiger partial charge in [0.2, 0.25) is 5.95 Å². The number of imidazole rings is 1. The molecule has 20 heavy (non-hydrogen) atoms. The van der Waals surface area contributed by atoms with Gasteiger partial charge in [0.15, 0.2) is 0 Å². The maximum absolute atomic E-state index is 12.2. The first-order valence-corrected chi connectivity index (χ1v) is 6.91. The van der Waals surface area contributed by atoms with Gasteiger partial charge in [-0.1, -0.05) is 0 Å². The Kier molecular flexibility index (Phi) is 3.57. The van der Waals surface area contributed by atoms with Crippen molar-refractivity contribution in [2.24, 2.45) is 0 Å². The van der Waals surface area contributed by atoms with E-state index in [1.54, 1.807) is 0 Å². The van der Waals surface area contributed by atoms with Crippen molar-refractivity contribution in [2.75, 3.05) is 17.1 Å². The minimum atomic E-state index is -3.99. The number of anilines is 2. The number of hydrogen-bond acceptors (Lipinski definition) is 6. The van der Waals surface area contributed by atoms with Crippen LogP contribution in [0.25, 0.3) is 0 Å². The molecule has 1 aromatic carbocycles. The maximum Gasteiger partial charge on any atom is 0.270 e. The van der Waals surface area contributed by atoms with Crippen LogP contribution in [0.1, 0.15) is 0 Å². The molecule has 0 aliphatic rings. The number of rotatable bonds is 5. The average Bonchev–Trinajstić information content (AvgIpc) is 2.90. The first-order chi connectivity index (χ1) is 9.44. The van der Waals surface area contributed by atoms with Gasteiger partial charge in [-0.3, -0.25) is 10.1 Å².